The second-order valence-corrected chi connectivity index (χ2v) is 6.93. The minimum Gasteiger partial charge on any atom is -0.354 e. The third-order valence-electron chi connectivity index (χ3n) is 3.31. The number of aromatic amines is 1. The van der Waals surface area contributed by atoms with Gasteiger partial charge in [0.2, 0.25) is 0 Å². The number of hydrogen-bond donors (Lipinski definition) is 1. The molecule has 0 bridgehead atoms. The van der Waals surface area contributed by atoms with Crippen molar-refractivity contribution in [1.29, 1.82) is 0 Å². The third-order valence-corrected chi connectivity index (χ3v) is 6.14. The Morgan fingerprint density at radius 3 is 2.22 bits per heavy atom. The zero-order valence-corrected chi connectivity index (χ0v) is 11.8. The Hall–Kier alpha value is -1.13. The minimum atomic E-state index is 0.329. The van der Waals surface area contributed by atoms with Crippen molar-refractivity contribution in [1.82, 2.24) is 4.98 Å². The largest absolute Gasteiger partial charge is 0.354 e. The number of hydrogen-bond acceptors (Lipinski definition) is 3. The van der Waals surface area contributed by atoms with Gasteiger partial charge in [0, 0.05) is 15.5 Å². The van der Waals surface area contributed by atoms with Crippen LogP contribution < -0.4 is 0 Å². The highest BCUT2D eigenvalue weighted by Gasteiger charge is 2.27. The number of benzene rings is 1. The standard InChI is InChI=1S/C14H13NOS2/c1-8-9(2)13(15-10(8)7-16)14-17-11-5-3-4-6-12(11)18-14/h3-7,14-15H,1-2H3. The van der Waals surface area contributed by atoms with Gasteiger partial charge in [-0.05, 0) is 37.1 Å². The molecule has 1 aromatic heterocycles. The molecule has 92 valence electrons. The lowest BCUT2D eigenvalue weighted by molar-refractivity contribution is 0.111. The van der Waals surface area contributed by atoms with Gasteiger partial charge in [-0.15, -0.1) is 23.5 Å². The SMILES string of the molecule is Cc1c(C=O)[nH]c(C2Sc3ccccc3S2)c1C. The maximum Gasteiger partial charge on any atom is 0.166 e. The second kappa shape index (κ2) is 4.52. The van der Waals surface area contributed by atoms with Crippen molar-refractivity contribution in [2.75, 3.05) is 0 Å². The molecule has 18 heavy (non-hydrogen) atoms. The van der Waals surface area contributed by atoms with Crippen LogP contribution in [0.4, 0.5) is 0 Å². The number of fused-ring (bicyclic) bond motifs is 1. The summed E-state index contributed by atoms with van der Waals surface area (Å²) in [4.78, 5) is 16.9. The molecule has 0 atom stereocenters. The lowest BCUT2D eigenvalue weighted by Gasteiger charge is -2.07. The Morgan fingerprint density at radius 2 is 1.72 bits per heavy atom. The Bertz CT molecular complexity index is 593. The Kier molecular flexibility index (Phi) is 2.99. The van der Waals surface area contributed by atoms with E-state index in [1.165, 1.54) is 21.0 Å². The molecule has 2 aromatic rings. The summed E-state index contributed by atoms with van der Waals surface area (Å²) in [5, 5.41) is 0. The fourth-order valence-corrected chi connectivity index (χ4v) is 5.06. The van der Waals surface area contributed by atoms with Crippen LogP contribution in [-0.2, 0) is 0 Å². The first-order chi connectivity index (χ1) is 8.70. The fourth-order valence-electron chi connectivity index (χ4n) is 2.11. The van der Waals surface area contributed by atoms with Gasteiger partial charge in [0.15, 0.2) is 6.29 Å². The van der Waals surface area contributed by atoms with Crippen LogP contribution >= 0.6 is 23.5 Å². The van der Waals surface area contributed by atoms with Crippen LogP contribution in [0.1, 0.15) is 31.9 Å². The molecule has 0 radical (unpaired) electrons. The van der Waals surface area contributed by atoms with Gasteiger partial charge in [0.05, 0.1) is 10.3 Å². The van der Waals surface area contributed by atoms with E-state index in [9.17, 15) is 4.79 Å². The van der Waals surface area contributed by atoms with Gasteiger partial charge in [0.25, 0.3) is 0 Å². The monoisotopic (exact) mass is 275 g/mol. The normalized spacial score (nSPS) is 14.8. The summed E-state index contributed by atoms with van der Waals surface area (Å²) in [5.41, 5.74) is 4.15. The topological polar surface area (TPSA) is 32.9 Å². The van der Waals surface area contributed by atoms with Crippen LogP contribution in [0, 0.1) is 13.8 Å². The molecule has 0 saturated carbocycles. The highest BCUT2D eigenvalue weighted by atomic mass is 32.2. The van der Waals surface area contributed by atoms with Gasteiger partial charge in [-0.3, -0.25) is 4.79 Å². The van der Waals surface area contributed by atoms with E-state index >= 15 is 0 Å². The molecule has 0 aliphatic carbocycles. The fraction of sp³-hybridized carbons (Fsp3) is 0.214. The number of carbonyl (C=O) groups excluding carboxylic acids is 1. The zero-order valence-electron chi connectivity index (χ0n) is 10.2. The molecule has 1 aliphatic rings. The van der Waals surface area contributed by atoms with E-state index in [1.54, 1.807) is 0 Å². The first-order valence-corrected chi connectivity index (χ1v) is 7.53. The van der Waals surface area contributed by atoms with E-state index in [0.717, 1.165) is 11.8 Å². The molecule has 0 fully saturated rings. The molecule has 1 aromatic carbocycles. The molecule has 0 spiro atoms. The molecule has 2 nitrogen and oxygen atoms in total. The first kappa shape index (κ1) is 11.9. The van der Waals surface area contributed by atoms with Crippen LogP contribution in [-0.4, -0.2) is 11.3 Å². The van der Waals surface area contributed by atoms with Crippen LogP contribution in [0.15, 0.2) is 34.1 Å². The van der Waals surface area contributed by atoms with Gasteiger partial charge in [-0.2, -0.15) is 0 Å². The van der Waals surface area contributed by atoms with Crippen molar-refractivity contribution >= 4 is 29.8 Å². The zero-order chi connectivity index (χ0) is 12.7. The maximum atomic E-state index is 11.0. The molecule has 0 amide bonds. The number of rotatable bonds is 2. The molecule has 1 aliphatic heterocycles. The molecule has 1 N–H and O–H groups in total. The number of carbonyl (C=O) groups is 1. The van der Waals surface area contributed by atoms with Crippen molar-refractivity contribution in [3.63, 3.8) is 0 Å². The molecular weight excluding hydrogens is 262 g/mol. The van der Waals surface area contributed by atoms with E-state index in [4.69, 9.17) is 0 Å². The summed E-state index contributed by atoms with van der Waals surface area (Å²) in [7, 11) is 0. The summed E-state index contributed by atoms with van der Waals surface area (Å²) in [5.74, 6) is 0. The van der Waals surface area contributed by atoms with E-state index < -0.39 is 0 Å². The number of H-pyrrole nitrogens is 1. The van der Waals surface area contributed by atoms with Gasteiger partial charge in [-0.25, -0.2) is 0 Å². The van der Waals surface area contributed by atoms with Crippen molar-refractivity contribution in [2.45, 2.75) is 28.2 Å². The van der Waals surface area contributed by atoms with E-state index in [1.807, 2.05) is 30.4 Å². The molecule has 2 heterocycles. The Morgan fingerprint density at radius 1 is 1.11 bits per heavy atom. The van der Waals surface area contributed by atoms with Crippen LogP contribution in [0.25, 0.3) is 0 Å². The van der Waals surface area contributed by atoms with Crippen molar-refractivity contribution < 1.29 is 4.79 Å². The maximum absolute atomic E-state index is 11.0. The van der Waals surface area contributed by atoms with Crippen molar-refractivity contribution in [2.24, 2.45) is 0 Å². The van der Waals surface area contributed by atoms with Gasteiger partial charge in [-0.1, -0.05) is 12.1 Å². The van der Waals surface area contributed by atoms with Crippen molar-refractivity contribution in [3.05, 3.63) is 46.8 Å². The van der Waals surface area contributed by atoms with E-state index in [-0.39, 0.29) is 0 Å². The summed E-state index contributed by atoms with van der Waals surface area (Å²) < 4.78 is 0.329. The molecule has 0 saturated heterocycles. The average molecular weight is 275 g/mol. The van der Waals surface area contributed by atoms with Crippen LogP contribution in [0.2, 0.25) is 0 Å². The highest BCUT2D eigenvalue weighted by Crippen LogP contribution is 2.56. The Balaban J connectivity index is 1.97. The number of aromatic nitrogens is 1. The lowest BCUT2D eigenvalue weighted by Crippen LogP contribution is -1.88. The quantitative estimate of drug-likeness (QED) is 0.828. The summed E-state index contributed by atoms with van der Waals surface area (Å²) in [6.45, 7) is 4.08. The smallest absolute Gasteiger partial charge is 0.166 e. The first-order valence-electron chi connectivity index (χ1n) is 5.77. The number of nitrogens with one attached hydrogen (secondary N) is 1. The summed E-state index contributed by atoms with van der Waals surface area (Å²) >= 11 is 3.70. The molecule has 4 heteroatoms. The van der Waals surface area contributed by atoms with Crippen LogP contribution in [0.5, 0.6) is 0 Å². The van der Waals surface area contributed by atoms with Gasteiger partial charge < -0.3 is 4.98 Å². The molecule has 0 unspecified atom stereocenters. The summed E-state index contributed by atoms with van der Waals surface area (Å²) in [6, 6.07) is 8.44. The molecule has 3 rings (SSSR count). The van der Waals surface area contributed by atoms with Gasteiger partial charge >= 0.3 is 0 Å². The summed E-state index contributed by atoms with van der Waals surface area (Å²) in [6.07, 6.45) is 0.906. The second-order valence-electron chi connectivity index (χ2n) is 4.33. The predicted octanol–water partition coefficient (Wildman–Crippen LogP) is 4.34. The highest BCUT2D eigenvalue weighted by molar-refractivity contribution is 8.18. The minimum absolute atomic E-state index is 0.329. The predicted molar refractivity (Wildman–Crippen MR) is 76.6 cm³/mol. The number of aldehydes is 1. The van der Waals surface area contributed by atoms with E-state index in [0.29, 0.717) is 10.3 Å². The number of thioether (sulfide) groups is 2. The average Bonchev–Trinajstić information content (AvgIpc) is 2.92. The van der Waals surface area contributed by atoms with Crippen molar-refractivity contribution in [3.8, 4) is 0 Å². The molecular formula is C14H13NOS2. The lowest BCUT2D eigenvalue weighted by atomic mass is 10.1. The van der Waals surface area contributed by atoms with Gasteiger partial charge in [0.1, 0.15) is 0 Å². The van der Waals surface area contributed by atoms with Crippen LogP contribution in [0.3, 0.4) is 0 Å². The third kappa shape index (κ3) is 1.80. The Labute approximate surface area is 115 Å². The van der Waals surface area contributed by atoms with E-state index in [2.05, 4.69) is 36.2 Å².